The molecule has 1 N–H and O–H groups in total. The highest BCUT2D eigenvalue weighted by molar-refractivity contribution is 5.91. The number of fused-ring (bicyclic) bond motifs is 1. The van der Waals surface area contributed by atoms with Gasteiger partial charge in [0.05, 0.1) is 18.5 Å². The third-order valence-electron chi connectivity index (χ3n) is 5.50. The molecule has 2 aromatic rings. The van der Waals surface area contributed by atoms with Crippen LogP contribution in [0.3, 0.4) is 0 Å². The third-order valence-corrected chi connectivity index (χ3v) is 5.50. The number of anilines is 2. The number of pyridine rings is 1. The van der Waals surface area contributed by atoms with Crippen molar-refractivity contribution in [2.45, 2.75) is 44.9 Å². The van der Waals surface area contributed by atoms with Crippen molar-refractivity contribution in [1.29, 1.82) is 0 Å². The molecule has 1 amide bonds. The average molecular weight is 365 g/mol. The Labute approximate surface area is 160 Å². The molecule has 27 heavy (non-hydrogen) atoms. The zero-order valence-corrected chi connectivity index (χ0v) is 15.9. The van der Waals surface area contributed by atoms with E-state index < -0.39 is 0 Å². The first-order chi connectivity index (χ1) is 13.2. The molecule has 3 heterocycles. The fraction of sp³-hybridized carbons (Fsp3) is 0.455. The zero-order chi connectivity index (χ0) is 18.6. The van der Waals surface area contributed by atoms with Crippen LogP contribution in [0.25, 0.3) is 0 Å². The Hall–Kier alpha value is -2.56. The molecule has 0 bridgehead atoms. The van der Waals surface area contributed by atoms with Gasteiger partial charge in [-0.05, 0) is 61.8 Å². The van der Waals surface area contributed by atoms with E-state index in [0.717, 1.165) is 47.9 Å². The van der Waals surface area contributed by atoms with Gasteiger partial charge in [-0.25, -0.2) is 4.98 Å². The van der Waals surface area contributed by atoms with Crippen LogP contribution in [0, 0.1) is 6.92 Å². The van der Waals surface area contributed by atoms with Crippen LogP contribution in [-0.4, -0.2) is 30.6 Å². The van der Waals surface area contributed by atoms with Crippen LogP contribution in [0.5, 0.6) is 5.75 Å². The Balaban J connectivity index is 1.41. The quantitative estimate of drug-likeness (QED) is 0.879. The molecule has 1 aromatic carbocycles. The number of hydrogen-bond donors (Lipinski definition) is 1. The molecule has 2 aliphatic heterocycles. The largest absolute Gasteiger partial charge is 0.493 e. The molecule has 5 nitrogen and oxygen atoms in total. The maximum atomic E-state index is 12.6. The van der Waals surface area contributed by atoms with E-state index in [1.165, 1.54) is 19.3 Å². The first-order valence-corrected chi connectivity index (χ1v) is 9.94. The first-order valence-electron chi connectivity index (χ1n) is 9.94. The monoisotopic (exact) mass is 365 g/mol. The summed E-state index contributed by atoms with van der Waals surface area (Å²) in [6, 6.07) is 10.1. The summed E-state index contributed by atoms with van der Waals surface area (Å²) in [6.45, 7) is 4.88. The van der Waals surface area contributed by atoms with Crippen LogP contribution >= 0.6 is 0 Å². The minimum atomic E-state index is 0.0311. The molecule has 1 unspecified atom stereocenters. The molecule has 1 fully saturated rings. The van der Waals surface area contributed by atoms with Gasteiger partial charge < -0.3 is 15.0 Å². The highest BCUT2D eigenvalue weighted by Gasteiger charge is 2.23. The number of aryl methyl sites for hydroxylation is 1. The number of rotatable bonds is 4. The summed E-state index contributed by atoms with van der Waals surface area (Å²) < 4.78 is 5.69. The van der Waals surface area contributed by atoms with Crippen LogP contribution in [0.15, 0.2) is 36.5 Å². The van der Waals surface area contributed by atoms with Gasteiger partial charge in [-0.15, -0.1) is 0 Å². The number of nitrogens with one attached hydrogen (secondary N) is 1. The summed E-state index contributed by atoms with van der Waals surface area (Å²) in [5.74, 6) is 2.19. The zero-order valence-electron chi connectivity index (χ0n) is 15.9. The van der Waals surface area contributed by atoms with Crippen molar-refractivity contribution in [1.82, 2.24) is 4.98 Å². The van der Waals surface area contributed by atoms with Crippen LogP contribution in [0.4, 0.5) is 11.5 Å². The number of nitrogens with zero attached hydrogens (tertiary/aromatic N) is 2. The number of piperidine rings is 1. The number of carbonyl (C=O) groups is 1. The molecule has 2 aliphatic rings. The standard InChI is InChI=1S/C22H27N3O2/c1-16-13-18(15-23-22(16)25-10-5-2-6-11-25)24-21(26)14-17-9-12-27-20-8-4-3-7-19(17)20/h3-4,7-8,13,15,17H,2,5-6,9-12,14H2,1H3,(H,24,26). The average Bonchev–Trinajstić information content (AvgIpc) is 2.69. The van der Waals surface area contributed by atoms with Gasteiger partial charge >= 0.3 is 0 Å². The van der Waals surface area contributed by atoms with Crippen molar-refractivity contribution in [2.75, 3.05) is 29.9 Å². The lowest BCUT2D eigenvalue weighted by Crippen LogP contribution is -2.30. The Morgan fingerprint density at radius 3 is 2.89 bits per heavy atom. The van der Waals surface area contributed by atoms with E-state index in [-0.39, 0.29) is 11.8 Å². The number of benzene rings is 1. The molecule has 0 radical (unpaired) electrons. The van der Waals surface area contributed by atoms with E-state index in [2.05, 4.69) is 28.2 Å². The van der Waals surface area contributed by atoms with E-state index in [0.29, 0.717) is 13.0 Å². The Kier molecular flexibility index (Phi) is 5.28. The lowest BCUT2D eigenvalue weighted by atomic mass is 9.90. The van der Waals surface area contributed by atoms with Crippen LogP contribution in [-0.2, 0) is 4.79 Å². The molecule has 1 aromatic heterocycles. The van der Waals surface area contributed by atoms with Crippen molar-refractivity contribution >= 4 is 17.4 Å². The number of hydrogen-bond acceptors (Lipinski definition) is 4. The third kappa shape index (κ3) is 4.07. The summed E-state index contributed by atoms with van der Waals surface area (Å²) in [5.41, 5.74) is 3.03. The SMILES string of the molecule is Cc1cc(NC(=O)CC2CCOc3ccccc32)cnc1N1CCCCC1. The van der Waals surface area contributed by atoms with E-state index >= 15 is 0 Å². The number of amides is 1. The number of aromatic nitrogens is 1. The smallest absolute Gasteiger partial charge is 0.225 e. The highest BCUT2D eigenvalue weighted by Crippen LogP contribution is 2.35. The van der Waals surface area contributed by atoms with Gasteiger partial charge in [0.1, 0.15) is 11.6 Å². The van der Waals surface area contributed by atoms with E-state index in [4.69, 9.17) is 4.74 Å². The second-order valence-electron chi connectivity index (χ2n) is 7.54. The van der Waals surface area contributed by atoms with Crippen molar-refractivity contribution in [3.05, 3.63) is 47.7 Å². The van der Waals surface area contributed by atoms with E-state index in [1.807, 2.05) is 24.3 Å². The summed E-state index contributed by atoms with van der Waals surface area (Å²) in [7, 11) is 0. The van der Waals surface area contributed by atoms with Crippen LogP contribution in [0.1, 0.15) is 49.1 Å². The van der Waals surface area contributed by atoms with Crippen molar-refractivity contribution in [2.24, 2.45) is 0 Å². The summed E-state index contributed by atoms with van der Waals surface area (Å²) in [4.78, 5) is 19.6. The summed E-state index contributed by atoms with van der Waals surface area (Å²) in [5, 5.41) is 3.03. The van der Waals surface area contributed by atoms with Crippen molar-refractivity contribution in [3.8, 4) is 5.75 Å². The van der Waals surface area contributed by atoms with Gasteiger partial charge in [-0.1, -0.05) is 18.2 Å². The summed E-state index contributed by atoms with van der Waals surface area (Å²) in [6.07, 6.45) is 6.88. The lowest BCUT2D eigenvalue weighted by molar-refractivity contribution is -0.116. The fourth-order valence-corrected chi connectivity index (χ4v) is 4.14. The fourth-order valence-electron chi connectivity index (χ4n) is 4.14. The number of para-hydroxylation sites is 1. The minimum absolute atomic E-state index is 0.0311. The van der Waals surface area contributed by atoms with E-state index in [1.54, 1.807) is 6.20 Å². The molecule has 1 atom stereocenters. The van der Waals surface area contributed by atoms with Crippen LogP contribution in [0.2, 0.25) is 0 Å². The molecule has 5 heteroatoms. The molecule has 4 rings (SSSR count). The Bertz CT molecular complexity index is 815. The number of carbonyl (C=O) groups excluding carboxylic acids is 1. The Morgan fingerprint density at radius 1 is 1.26 bits per heavy atom. The maximum absolute atomic E-state index is 12.6. The predicted octanol–water partition coefficient (Wildman–Crippen LogP) is 4.28. The first kappa shape index (κ1) is 17.8. The van der Waals surface area contributed by atoms with Gasteiger partial charge in [-0.2, -0.15) is 0 Å². The second-order valence-corrected chi connectivity index (χ2v) is 7.54. The van der Waals surface area contributed by atoms with Gasteiger partial charge in [0.15, 0.2) is 0 Å². The van der Waals surface area contributed by atoms with Crippen LogP contribution < -0.4 is 15.0 Å². The maximum Gasteiger partial charge on any atom is 0.225 e. The van der Waals surface area contributed by atoms with E-state index in [9.17, 15) is 4.79 Å². The second kappa shape index (κ2) is 7.99. The molecular formula is C22H27N3O2. The lowest BCUT2D eigenvalue weighted by Gasteiger charge is -2.29. The number of ether oxygens (including phenoxy) is 1. The normalized spacial score (nSPS) is 19.1. The minimum Gasteiger partial charge on any atom is -0.493 e. The molecular weight excluding hydrogens is 338 g/mol. The van der Waals surface area contributed by atoms with Gasteiger partial charge in [0, 0.05) is 19.5 Å². The van der Waals surface area contributed by atoms with Crippen molar-refractivity contribution in [3.63, 3.8) is 0 Å². The highest BCUT2D eigenvalue weighted by atomic mass is 16.5. The van der Waals surface area contributed by atoms with Crippen molar-refractivity contribution < 1.29 is 9.53 Å². The molecule has 1 saturated heterocycles. The molecule has 0 aliphatic carbocycles. The van der Waals surface area contributed by atoms with Gasteiger partial charge in [0.2, 0.25) is 5.91 Å². The molecule has 0 spiro atoms. The topological polar surface area (TPSA) is 54.5 Å². The van der Waals surface area contributed by atoms with Gasteiger partial charge in [-0.3, -0.25) is 4.79 Å². The summed E-state index contributed by atoms with van der Waals surface area (Å²) >= 11 is 0. The Morgan fingerprint density at radius 2 is 2.07 bits per heavy atom. The molecule has 142 valence electrons. The predicted molar refractivity (Wildman–Crippen MR) is 108 cm³/mol. The van der Waals surface area contributed by atoms with Gasteiger partial charge in [0.25, 0.3) is 0 Å². The molecule has 0 saturated carbocycles.